The van der Waals surface area contributed by atoms with E-state index in [1.165, 1.54) is 0 Å². The zero-order valence-electron chi connectivity index (χ0n) is 16.4. The topological polar surface area (TPSA) is 58.9 Å². The molecule has 0 bridgehead atoms. The smallest absolute Gasteiger partial charge is 0.195 e. The van der Waals surface area contributed by atoms with E-state index >= 15 is 0 Å². The Morgan fingerprint density at radius 3 is 1.18 bits per heavy atom. The molecule has 0 aliphatic carbocycles. The van der Waals surface area contributed by atoms with Crippen molar-refractivity contribution in [3.05, 3.63) is 0 Å². The second-order valence-corrected chi connectivity index (χ2v) is 18.9. The van der Waals surface area contributed by atoms with Crippen LogP contribution in [-0.2, 0) is 8.85 Å². The average Bonchev–Trinajstić information content (AvgIpc) is 2.22. The summed E-state index contributed by atoms with van der Waals surface area (Å²) in [7, 11) is -4.22. The molecule has 0 saturated carbocycles. The van der Waals surface area contributed by atoms with Gasteiger partial charge in [-0.15, -0.1) is 0 Å². The average molecular weight is 351 g/mol. The summed E-state index contributed by atoms with van der Waals surface area (Å²) >= 11 is 0. The van der Waals surface area contributed by atoms with Gasteiger partial charge in [0.2, 0.25) is 0 Å². The summed E-state index contributed by atoms with van der Waals surface area (Å²) in [4.78, 5) is 0. The molecule has 4 nitrogen and oxygen atoms in total. The van der Waals surface area contributed by atoms with Crippen LogP contribution in [-0.4, -0.2) is 45.3 Å². The number of aliphatic hydroxyl groups excluding tert-OH is 2. The minimum atomic E-state index is -2.11. The van der Waals surface area contributed by atoms with Gasteiger partial charge in [0.15, 0.2) is 22.9 Å². The molecule has 2 atom stereocenters. The van der Waals surface area contributed by atoms with E-state index < -0.39 is 35.1 Å². The molecule has 0 aliphatic heterocycles. The predicted octanol–water partition coefficient (Wildman–Crippen LogP) is 4.10. The summed E-state index contributed by atoms with van der Waals surface area (Å²) in [6.45, 7) is 23.0. The van der Waals surface area contributed by atoms with Crippen molar-refractivity contribution >= 4 is 16.6 Å². The van der Waals surface area contributed by atoms with Gasteiger partial charge in [0.1, 0.15) is 6.10 Å². The standard InChI is InChI=1S/C16H38O4Si2/c1-12(17)13(18)14(19-21(8,9)15(2,3)4)20-22(10,11)16(5,6)7/h12-14,17-18H,1-11H3. The van der Waals surface area contributed by atoms with Crippen LogP contribution in [0.5, 0.6) is 0 Å². The second-order valence-electron chi connectivity index (χ2n) is 9.36. The van der Waals surface area contributed by atoms with Crippen molar-refractivity contribution in [2.24, 2.45) is 0 Å². The van der Waals surface area contributed by atoms with Gasteiger partial charge < -0.3 is 19.1 Å². The molecule has 2 unspecified atom stereocenters. The van der Waals surface area contributed by atoms with Crippen LogP contribution in [0.15, 0.2) is 0 Å². The molecule has 0 rings (SSSR count). The van der Waals surface area contributed by atoms with Gasteiger partial charge in [0.05, 0.1) is 6.10 Å². The molecule has 2 N–H and O–H groups in total. The minimum absolute atomic E-state index is 0.0143. The Hall–Kier alpha value is 0.274. The SMILES string of the molecule is CC(O)C(O)C(O[Si](C)(C)C(C)(C)C)O[Si](C)(C)C(C)(C)C. The predicted molar refractivity (Wildman–Crippen MR) is 98.0 cm³/mol. The maximum absolute atomic E-state index is 10.4. The fraction of sp³-hybridized carbons (Fsp3) is 1.00. The van der Waals surface area contributed by atoms with Gasteiger partial charge in [-0.3, -0.25) is 0 Å². The van der Waals surface area contributed by atoms with E-state index in [1.807, 2.05) is 0 Å². The van der Waals surface area contributed by atoms with Crippen molar-refractivity contribution < 1.29 is 19.1 Å². The lowest BCUT2D eigenvalue weighted by atomic mass is 10.2. The molecule has 0 saturated heterocycles. The molecule has 0 aromatic carbocycles. The lowest BCUT2D eigenvalue weighted by Crippen LogP contribution is -2.55. The molecule has 0 spiro atoms. The molecule has 22 heavy (non-hydrogen) atoms. The van der Waals surface area contributed by atoms with Gasteiger partial charge in [-0.25, -0.2) is 0 Å². The van der Waals surface area contributed by atoms with E-state index in [0.29, 0.717) is 0 Å². The molecular formula is C16H38O4Si2. The van der Waals surface area contributed by atoms with Crippen molar-refractivity contribution in [2.45, 2.75) is 103 Å². The first-order chi connectivity index (χ1) is 9.42. The van der Waals surface area contributed by atoms with Crippen LogP contribution in [0.2, 0.25) is 36.3 Å². The van der Waals surface area contributed by atoms with Crippen molar-refractivity contribution in [3.63, 3.8) is 0 Å². The normalized spacial score (nSPS) is 17.7. The maximum Gasteiger partial charge on any atom is 0.195 e. The highest BCUT2D eigenvalue weighted by atomic mass is 28.4. The molecule has 0 fully saturated rings. The Kier molecular flexibility index (Phi) is 7.12. The summed E-state index contributed by atoms with van der Waals surface area (Å²) in [5.41, 5.74) is 0. The molecular weight excluding hydrogens is 312 g/mol. The first kappa shape index (κ1) is 22.3. The van der Waals surface area contributed by atoms with Crippen LogP contribution in [0.1, 0.15) is 48.5 Å². The third-order valence-electron chi connectivity index (χ3n) is 5.21. The monoisotopic (exact) mass is 350 g/mol. The van der Waals surface area contributed by atoms with Crippen molar-refractivity contribution in [2.75, 3.05) is 0 Å². The van der Waals surface area contributed by atoms with Crippen molar-refractivity contribution in [1.82, 2.24) is 0 Å². The van der Waals surface area contributed by atoms with Crippen molar-refractivity contribution in [3.8, 4) is 0 Å². The van der Waals surface area contributed by atoms with E-state index in [0.717, 1.165) is 0 Å². The van der Waals surface area contributed by atoms with Crippen LogP contribution in [0.3, 0.4) is 0 Å². The first-order valence-corrected chi connectivity index (χ1v) is 14.0. The van der Waals surface area contributed by atoms with Crippen LogP contribution in [0.4, 0.5) is 0 Å². The highest BCUT2D eigenvalue weighted by Gasteiger charge is 2.46. The third kappa shape index (κ3) is 5.72. The highest BCUT2D eigenvalue weighted by molar-refractivity contribution is 6.75. The zero-order chi connectivity index (χ0) is 18.1. The molecule has 0 aromatic rings. The zero-order valence-corrected chi connectivity index (χ0v) is 18.4. The third-order valence-corrected chi connectivity index (χ3v) is 14.1. The Labute approximate surface area is 139 Å². The van der Waals surface area contributed by atoms with Crippen LogP contribution in [0, 0.1) is 0 Å². The van der Waals surface area contributed by atoms with E-state index in [9.17, 15) is 10.2 Å². The van der Waals surface area contributed by atoms with Gasteiger partial charge >= 0.3 is 0 Å². The first-order valence-electron chi connectivity index (χ1n) is 8.14. The number of hydrogen-bond donors (Lipinski definition) is 2. The summed E-state index contributed by atoms with van der Waals surface area (Å²) in [6.07, 6.45) is -2.70. The van der Waals surface area contributed by atoms with E-state index in [2.05, 4.69) is 67.7 Å². The largest absolute Gasteiger partial charge is 0.391 e. The van der Waals surface area contributed by atoms with E-state index in [4.69, 9.17) is 8.85 Å². The Balaban J connectivity index is 5.43. The highest BCUT2D eigenvalue weighted by Crippen LogP contribution is 2.41. The van der Waals surface area contributed by atoms with Crippen molar-refractivity contribution in [1.29, 1.82) is 0 Å². The number of rotatable bonds is 6. The molecule has 0 amide bonds. The fourth-order valence-corrected chi connectivity index (χ4v) is 3.67. The lowest BCUT2D eigenvalue weighted by molar-refractivity contribution is -0.136. The van der Waals surface area contributed by atoms with E-state index in [-0.39, 0.29) is 10.1 Å². The summed E-state index contributed by atoms with van der Waals surface area (Å²) in [5.74, 6) is 0. The van der Waals surface area contributed by atoms with Gasteiger partial charge in [-0.1, -0.05) is 41.5 Å². The summed E-state index contributed by atoms with van der Waals surface area (Å²) in [6, 6.07) is 0. The van der Waals surface area contributed by atoms with Gasteiger partial charge in [-0.2, -0.15) is 0 Å². The number of aliphatic hydroxyl groups is 2. The Morgan fingerprint density at radius 2 is 1.00 bits per heavy atom. The molecule has 0 radical (unpaired) electrons. The number of hydrogen-bond acceptors (Lipinski definition) is 4. The Morgan fingerprint density at radius 1 is 0.727 bits per heavy atom. The molecule has 6 heteroatoms. The summed E-state index contributed by atoms with van der Waals surface area (Å²) < 4.78 is 12.6. The molecule has 0 aromatic heterocycles. The van der Waals surface area contributed by atoms with Crippen LogP contribution < -0.4 is 0 Å². The fourth-order valence-electron chi connectivity index (χ4n) is 1.33. The molecule has 0 aliphatic rings. The van der Waals surface area contributed by atoms with E-state index in [1.54, 1.807) is 6.92 Å². The quantitative estimate of drug-likeness (QED) is 0.559. The molecule has 134 valence electrons. The van der Waals surface area contributed by atoms with Crippen LogP contribution in [0.25, 0.3) is 0 Å². The second kappa shape index (κ2) is 7.03. The summed E-state index contributed by atoms with van der Waals surface area (Å²) in [5, 5.41) is 20.2. The van der Waals surface area contributed by atoms with Gasteiger partial charge in [0.25, 0.3) is 0 Å². The molecule has 0 heterocycles. The maximum atomic E-state index is 10.4. The van der Waals surface area contributed by atoms with Gasteiger partial charge in [-0.05, 0) is 43.2 Å². The minimum Gasteiger partial charge on any atom is -0.391 e. The Bertz CT molecular complexity index is 326. The van der Waals surface area contributed by atoms with Crippen LogP contribution >= 0.6 is 0 Å². The van der Waals surface area contributed by atoms with Gasteiger partial charge in [0, 0.05) is 0 Å². The lowest BCUT2D eigenvalue weighted by Gasteiger charge is -2.45.